The molecule has 4 nitrogen and oxygen atoms in total. The predicted molar refractivity (Wildman–Crippen MR) is 71.7 cm³/mol. The van der Waals surface area contributed by atoms with Crippen LogP contribution in [-0.2, 0) is 0 Å². The molecular formula is C14H20N2O2. The molecule has 2 N–H and O–H groups in total. The first-order valence-corrected chi connectivity index (χ1v) is 6.27. The molecule has 1 saturated heterocycles. The highest BCUT2D eigenvalue weighted by Gasteiger charge is 2.31. The number of anilines is 1. The van der Waals surface area contributed by atoms with Crippen molar-refractivity contribution in [3.05, 3.63) is 23.8 Å². The zero-order chi connectivity index (χ0) is 13.3. The Morgan fingerprint density at radius 1 is 1.44 bits per heavy atom. The lowest BCUT2D eigenvalue weighted by atomic mass is 10.1. The molecule has 0 bridgehead atoms. The number of carbonyl (C=O) groups is 1. The average Bonchev–Trinajstić information content (AvgIpc) is 2.67. The smallest absolute Gasteiger partial charge is 0.256 e. The van der Waals surface area contributed by atoms with Gasteiger partial charge in [-0.1, -0.05) is 6.92 Å². The van der Waals surface area contributed by atoms with E-state index < -0.39 is 0 Å². The number of hydrogen-bond donors (Lipinski definition) is 1. The maximum Gasteiger partial charge on any atom is 0.256 e. The molecule has 0 spiro atoms. The van der Waals surface area contributed by atoms with Gasteiger partial charge in [0.1, 0.15) is 5.75 Å². The van der Waals surface area contributed by atoms with Gasteiger partial charge in [0, 0.05) is 24.3 Å². The molecule has 2 rings (SSSR count). The minimum absolute atomic E-state index is 0.0204. The number of nitrogen functional groups attached to an aromatic ring is 1. The summed E-state index contributed by atoms with van der Waals surface area (Å²) >= 11 is 0. The maximum absolute atomic E-state index is 12.4. The summed E-state index contributed by atoms with van der Waals surface area (Å²) in [6.07, 6.45) is 1.06. The molecule has 0 aliphatic carbocycles. The van der Waals surface area contributed by atoms with E-state index in [2.05, 4.69) is 13.8 Å². The zero-order valence-corrected chi connectivity index (χ0v) is 11.1. The van der Waals surface area contributed by atoms with Crippen LogP contribution in [0.15, 0.2) is 18.2 Å². The molecule has 0 aromatic heterocycles. The van der Waals surface area contributed by atoms with Crippen LogP contribution in [0.4, 0.5) is 5.69 Å². The van der Waals surface area contributed by atoms with Crippen molar-refractivity contribution in [2.45, 2.75) is 26.3 Å². The lowest BCUT2D eigenvalue weighted by molar-refractivity contribution is 0.0745. The molecule has 1 aromatic carbocycles. The van der Waals surface area contributed by atoms with E-state index in [9.17, 15) is 4.79 Å². The summed E-state index contributed by atoms with van der Waals surface area (Å²) in [6, 6.07) is 5.49. The molecular weight excluding hydrogens is 228 g/mol. The number of ether oxygens (including phenoxy) is 1. The van der Waals surface area contributed by atoms with Crippen molar-refractivity contribution in [3.63, 3.8) is 0 Å². The van der Waals surface area contributed by atoms with Gasteiger partial charge in [-0.05, 0) is 31.4 Å². The van der Waals surface area contributed by atoms with Gasteiger partial charge in [0.05, 0.1) is 12.7 Å². The highest BCUT2D eigenvalue weighted by molar-refractivity contribution is 5.99. The summed E-state index contributed by atoms with van der Waals surface area (Å²) in [4.78, 5) is 14.3. The number of benzene rings is 1. The van der Waals surface area contributed by atoms with Crippen molar-refractivity contribution in [2.75, 3.05) is 19.4 Å². The lowest BCUT2D eigenvalue weighted by Crippen LogP contribution is -2.34. The average molecular weight is 248 g/mol. The normalized spacial score (nSPS) is 23.2. The van der Waals surface area contributed by atoms with Crippen molar-refractivity contribution in [3.8, 4) is 5.75 Å². The molecule has 18 heavy (non-hydrogen) atoms. The summed E-state index contributed by atoms with van der Waals surface area (Å²) in [5.74, 6) is 1.25. The van der Waals surface area contributed by atoms with Gasteiger partial charge < -0.3 is 15.4 Å². The molecule has 1 aliphatic heterocycles. The number of amides is 1. The molecule has 1 aromatic rings. The fourth-order valence-corrected chi connectivity index (χ4v) is 2.60. The minimum Gasteiger partial charge on any atom is -0.497 e. The van der Waals surface area contributed by atoms with E-state index in [1.54, 1.807) is 25.3 Å². The van der Waals surface area contributed by atoms with Gasteiger partial charge >= 0.3 is 0 Å². The van der Waals surface area contributed by atoms with Crippen molar-refractivity contribution in [1.29, 1.82) is 0 Å². The summed E-state index contributed by atoms with van der Waals surface area (Å²) in [5.41, 5.74) is 6.96. The van der Waals surface area contributed by atoms with Gasteiger partial charge in [0.25, 0.3) is 5.91 Å². The van der Waals surface area contributed by atoms with Crippen LogP contribution in [0.25, 0.3) is 0 Å². The van der Waals surface area contributed by atoms with E-state index in [1.165, 1.54) is 0 Å². The van der Waals surface area contributed by atoms with Crippen molar-refractivity contribution < 1.29 is 9.53 Å². The van der Waals surface area contributed by atoms with Crippen molar-refractivity contribution in [1.82, 2.24) is 4.90 Å². The predicted octanol–water partition coefficient (Wildman–Crippen LogP) is 2.15. The summed E-state index contributed by atoms with van der Waals surface area (Å²) in [6.45, 7) is 5.06. The molecule has 0 radical (unpaired) electrons. The molecule has 2 unspecified atom stereocenters. The van der Waals surface area contributed by atoms with Crippen LogP contribution >= 0.6 is 0 Å². The first-order chi connectivity index (χ1) is 8.52. The Labute approximate surface area is 108 Å². The van der Waals surface area contributed by atoms with Gasteiger partial charge in [-0.25, -0.2) is 0 Å². The van der Waals surface area contributed by atoms with Crippen LogP contribution in [0.3, 0.4) is 0 Å². The Morgan fingerprint density at radius 3 is 2.67 bits per heavy atom. The Hall–Kier alpha value is -1.71. The van der Waals surface area contributed by atoms with Crippen LogP contribution in [0, 0.1) is 5.92 Å². The Morgan fingerprint density at radius 2 is 2.17 bits per heavy atom. The third-order valence-corrected chi connectivity index (χ3v) is 3.53. The Kier molecular flexibility index (Phi) is 3.45. The first kappa shape index (κ1) is 12.7. The topological polar surface area (TPSA) is 55.6 Å². The van der Waals surface area contributed by atoms with Crippen molar-refractivity contribution in [2.24, 2.45) is 5.92 Å². The Bertz CT molecular complexity index is 459. The van der Waals surface area contributed by atoms with E-state index in [0.717, 1.165) is 13.0 Å². The van der Waals surface area contributed by atoms with E-state index >= 15 is 0 Å². The van der Waals surface area contributed by atoms with Crippen LogP contribution in [0.2, 0.25) is 0 Å². The number of nitrogens with two attached hydrogens (primary N) is 1. The van der Waals surface area contributed by atoms with E-state index in [1.807, 2.05) is 4.90 Å². The van der Waals surface area contributed by atoms with Crippen LogP contribution in [-0.4, -0.2) is 30.5 Å². The molecule has 98 valence electrons. The number of nitrogens with zero attached hydrogens (tertiary/aromatic N) is 1. The van der Waals surface area contributed by atoms with Crippen LogP contribution < -0.4 is 10.5 Å². The van der Waals surface area contributed by atoms with E-state index in [4.69, 9.17) is 10.5 Å². The summed E-state index contributed by atoms with van der Waals surface area (Å²) in [7, 11) is 1.58. The molecule has 2 atom stereocenters. The molecule has 0 saturated carbocycles. The quantitative estimate of drug-likeness (QED) is 0.816. The van der Waals surface area contributed by atoms with Crippen molar-refractivity contribution >= 4 is 11.6 Å². The summed E-state index contributed by atoms with van der Waals surface area (Å²) < 4.78 is 5.09. The maximum atomic E-state index is 12.4. The lowest BCUT2D eigenvalue weighted by Gasteiger charge is -2.22. The third kappa shape index (κ3) is 2.28. The van der Waals surface area contributed by atoms with Gasteiger partial charge in [0.2, 0.25) is 0 Å². The SMILES string of the molecule is COc1ccc(C(=O)N2CC(C)CC2C)c(N)c1. The standard InChI is InChI=1S/C14H20N2O2/c1-9-6-10(2)16(8-9)14(17)12-5-4-11(18-3)7-13(12)15/h4-5,7,9-10H,6,8,15H2,1-3H3. The third-order valence-electron chi connectivity index (χ3n) is 3.53. The number of hydrogen-bond acceptors (Lipinski definition) is 3. The largest absolute Gasteiger partial charge is 0.497 e. The highest BCUT2D eigenvalue weighted by Crippen LogP contribution is 2.27. The molecule has 4 heteroatoms. The fourth-order valence-electron chi connectivity index (χ4n) is 2.60. The van der Waals surface area contributed by atoms with Gasteiger partial charge in [-0.15, -0.1) is 0 Å². The highest BCUT2D eigenvalue weighted by atomic mass is 16.5. The van der Waals surface area contributed by atoms with Gasteiger partial charge in [-0.2, -0.15) is 0 Å². The van der Waals surface area contributed by atoms with Gasteiger partial charge in [-0.3, -0.25) is 4.79 Å². The van der Waals surface area contributed by atoms with Crippen LogP contribution in [0.5, 0.6) is 5.75 Å². The Balaban J connectivity index is 2.24. The fraction of sp³-hybridized carbons (Fsp3) is 0.500. The second kappa shape index (κ2) is 4.88. The second-order valence-corrected chi connectivity index (χ2v) is 5.10. The number of carbonyl (C=O) groups excluding carboxylic acids is 1. The molecule has 1 heterocycles. The van der Waals surface area contributed by atoms with E-state index in [0.29, 0.717) is 22.9 Å². The minimum atomic E-state index is 0.0204. The molecule has 1 amide bonds. The first-order valence-electron chi connectivity index (χ1n) is 6.27. The zero-order valence-electron chi connectivity index (χ0n) is 11.1. The van der Waals surface area contributed by atoms with Crippen LogP contribution in [0.1, 0.15) is 30.6 Å². The summed E-state index contributed by atoms with van der Waals surface area (Å²) in [5, 5.41) is 0. The van der Waals surface area contributed by atoms with Gasteiger partial charge in [0.15, 0.2) is 0 Å². The molecule has 1 fully saturated rings. The second-order valence-electron chi connectivity index (χ2n) is 5.10. The molecule has 1 aliphatic rings. The number of likely N-dealkylation sites (tertiary alicyclic amines) is 1. The number of methoxy groups -OCH3 is 1. The van der Waals surface area contributed by atoms with E-state index in [-0.39, 0.29) is 11.9 Å². The monoisotopic (exact) mass is 248 g/mol. The number of rotatable bonds is 2.